The molecule has 0 aliphatic carbocycles. The van der Waals surface area contributed by atoms with E-state index in [1.165, 1.54) is 0 Å². The third kappa shape index (κ3) is 4.74. The van der Waals surface area contributed by atoms with E-state index in [1.807, 2.05) is 32.0 Å². The Morgan fingerprint density at radius 2 is 1.60 bits per heavy atom. The van der Waals surface area contributed by atoms with Crippen molar-refractivity contribution >= 4 is 10.0 Å². The zero-order chi connectivity index (χ0) is 18.6. The lowest BCUT2D eigenvalue weighted by atomic mass is 10.1. The van der Waals surface area contributed by atoms with Crippen LogP contribution >= 0.6 is 0 Å². The van der Waals surface area contributed by atoms with Gasteiger partial charge in [-0.2, -0.15) is 0 Å². The molecule has 0 atom stereocenters. The monoisotopic (exact) mass is 363 g/mol. The minimum absolute atomic E-state index is 0.195. The van der Waals surface area contributed by atoms with Gasteiger partial charge in [0.2, 0.25) is 10.0 Å². The normalized spacial score (nSPS) is 11.4. The molecule has 0 unspecified atom stereocenters. The summed E-state index contributed by atoms with van der Waals surface area (Å²) in [5.41, 5.74) is 3.43. The van der Waals surface area contributed by atoms with Crippen LogP contribution in [0.15, 0.2) is 35.2 Å². The van der Waals surface area contributed by atoms with Gasteiger partial charge in [-0.1, -0.05) is 12.1 Å². The minimum atomic E-state index is -3.60. The summed E-state index contributed by atoms with van der Waals surface area (Å²) >= 11 is 0. The van der Waals surface area contributed by atoms with E-state index in [9.17, 15) is 8.42 Å². The van der Waals surface area contributed by atoms with Crippen molar-refractivity contribution in [1.29, 1.82) is 0 Å². The quantitative estimate of drug-likeness (QED) is 0.767. The highest BCUT2D eigenvalue weighted by atomic mass is 32.2. The Balaban J connectivity index is 2.04. The Morgan fingerprint density at radius 3 is 2.20 bits per heavy atom. The van der Waals surface area contributed by atoms with Crippen LogP contribution in [0.25, 0.3) is 0 Å². The van der Waals surface area contributed by atoms with Crippen LogP contribution < -0.4 is 14.2 Å². The second-order valence-corrected chi connectivity index (χ2v) is 7.81. The maximum absolute atomic E-state index is 12.6. The SMILES string of the molecule is COc1cc(C)c(S(=O)(=O)NCCOc2cc(C)ccc2C)c(C)c1. The Morgan fingerprint density at radius 1 is 0.960 bits per heavy atom. The lowest BCUT2D eigenvalue weighted by Gasteiger charge is -2.14. The first-order valence-electron chi connectivity index (χ1n) is 8.09. The molecule has 2 aromatic rings. The first-order chi connectivity index (χ1) is 11.7. The number of sulfonamides is 1. The summed E-state index contributed by atoms with van der Waals surface area (Å²) in [4.78, 5) is 0.292. The van der Waals surface area contributed by atoms with E-state index in [4.69, 9.17) is 9.47 Å². The molecule has 2 aromatic carbocycles. The van der Waals surface area contributed by atoms with Gasteiger partial charge in [-0.3, -0.25) is 0 Å². The molecule has 0 radical (unpaired) electrons. The fourth-order valence-electron chi connectivity index (χ4n) is 2.72. The van der Waals surface area contributed by atoms with Gasteiger partial charge in [-0.25, -0.2) is 13.1 Å². The summed E-state index contributed by atoms with van der Waals surface area (Å²) in [6.45, 7) is 7.93. The number of hydrogen-bond donors (Lipinski definition) is 1. The van der Waals surface area contributed by atoms with Crippen molar-refractivity contribution in [3.05, 3.63) is 52.6 Å². The predicted octanol–water partition coefficient (Wildman–Crippen LogP) is 3.29. The van der Waals surface area contributed by atoms with Crippen molar-refractivity contribution in [2.75, 3.05) is 20.3 Å². The molecule has 0 aliphatic rings. The molecular formula is C19H25NO4S. The summed E-state index contributed by atoms with van der Waals surface area (Å²) < 4.78 is 38.7. The zero-order valence-corrected chi connectivity index (χ0v) is 16.2. The van der Waals surface area contributed by atoms with Crippen molar-refractivity contribution < 1.29 is 17.9 Å². The van der Waals surface area contributed by atoms with Gasteiger partial charge in [-0.15, -0.1) is 0 Å². The molecule has 0 fully saturated rings. The number of methoxy groups -OCH3 is 1. The van der Waals surface area contributed by atoms with Crippen LogP contribution in [0.4, 0.5) is 0 Å². The largest absolute Gasteiger partial charge is 0.497 e. The molecule has 0 saturated carbocycles. The fourth-order valence-corrected chi connectivity index (χ4v) is 4.19. The van der Waals surface area contributed by atoms with Crippen molar-refractivity contribution in [2.45, 2.75) is 32.6 Å². The maximum Gasteiger partial charge on any atom is 0.241 e. The summed E-state index contributed by atoms with van der Waals surface area (Å²) in [5, 5.41) is 0. The van der Waals surface area contributed by atoms with Crippen molar-refractivity contribution in [3.8, 4) is 11.5 Å². The van der Waals surface area contributed by atoms with Crippen molar-refractivity contribution in [3.63, 3.8) is 0 Å². The van der Waals surface area contributed by atoms with Crippen LogP contribution in [0.1, 0.15) is 22.3 Å². The average molecular weight is 363 g/mol. The Bertz CT molecular complexity index is 837. The topological polar surface area (TPSA) is 64.6 Å². The van der Waals surface area contributed by atoms with E-state index >= 15 is 0 Å². The van der Waals surface area contributed by atoms with Gasteiger partial charge >= 0.3 is 0 Å². The molecule has 0 aromatic heterocycles. The van der Waals surface area contributed by atoms with Gasteiger partial charge in [0.1, 0.15) is 18.1 Å². The van der Waals surface area contributed by atoms with E-state index < -0.39 is 10.0 Å². The number of benzene rings is 2. The molecular weight excluding hydrogens is 338 g/mol. The molecule has 0 heterocycles. The van der Waals surface area contributed by atoms with Gasteiger partial charge in [0, 0.05) is 6.54 Å². The lowest BCUT2D eigenvalue weighted by Crippen LogP contribution is -2.29. The number of nitrogens with one attached hydrogen (secondary N) is 1. The van der Waals surface area contributed by atoms with Crippen LogP contribution in [-0.2, 0) is 10.0 Å². The lowest BCUT2D eigenvalue weighted by molar-refractivity contribution is 0.320. The average Bonchev–Trinajstić information content (AvgIpc) is 2.53. The maximum atomic E-state index is 12.6. The molecule has 0 amide bonds. The highest BCUT2D eigenvalue weighted by molar-refractivity contribution is 7.89. The second kappa shape index (κ2) is 7.89. The molecule has 0 aliphatic heterocycles. The summed E-state index contributed by atoms with van der Waals surface area (Å²) in [7, 11) is -2.04. The molecule has 1 N–H and O–H groups in total. The Labute approximate surface area is 150 Å². The molecule has 25 heavy (non-hydrogen) atoms. The first kappa shape index (κ1) is 19.3. The van der Waals surface area contributed by atoms with Gasteiger partial charge in [-0.05, 0) is 68.1 Å². The number of hydrogen-bond acceptors (Lipinski definition) is 4. The smallest absolute Gasteiger partial charge is 0.241 e. The minimum Gasteiger partial charge on any atom is -0.497 e. The Hall–Kier alpha value is -2.05. The van der Waals surface area contributed by atoms with Crippen molar-refractivity contribution in [1.82, 2.24) is 4.72 Å². The standard InChI is InChI=1S/C19H25NO4S/c1-13-6-7-14(2)18(10-13)24-9-8-20-25(21,22)19-15(3)11-17(23-5)12-16(19)4/h6-7,10-12,20H,8-9H2,1-5H3. The summed E-state index contributed by atoms with van der Waals surface area (Å²) in [5.74, 6) is 1.42. The van der Waals surface area contributed by atoms with Gasteiger partial charge in [0.15, 0.2) is 0 Å². The van der Waals surface area contributed by atoms with Crippen LogP contribution in [-0.4, -0.2) is 28.7 Å². The third-order valence-electron chi connectivity index (χ3n) is 3.93. The Kier molecular flexibility index (Phi) is 6.08. The number of rotatable bonds is 7. The van der Waals surface area contributed by atoms with E-state index in [-0.39, 0.29) is 13.2 Å². The molecule has 0 bridgehead atoms. The third-order valence-corrected chi connectivity index (χ3v) is 5.70. The molecule has 0 saturated heterocycles. The molecule has 6 heteroatoms. The molecule has 0 spiro atoms. The van der Waals surface area contributed by atoms with E-state index in [2.05, 4.69) is 4.72 Å². The molecule has 136 valence electrons. The van der Waals surface area contributed by atoms with Crippen LogP contribution in [0.2, 0.25) is 0 Å². The predicted molar refractivity (Wildman–Crippen MR) is 99.1 cm³/mol. The second-order valence-electron chi connectivity index (χ2n) is 6.11. The van der Waals surface area contributed by atoms with Gasteiger partial charge in [0.25, 0.3) is 0 Å². The number of ether oxygens (including phenoxy) is 2. The fraction of sp³-hybridized carbons (Fsp3) is 0.368. The van der Waals surface area contributed by atoms with Gasteiger partial charge < -0.3 is 9.47 Å². The molecule has 5 nitrogen and oxygen atoms in total. The highest BCUT2D eigenvalue weighted by Crippen LogP contribution is 2.25. The van der Waals surface area contributed by atoms with Crippen LogP contribution in [0.5, 0.6) is 11.5 Å². The van der Waals surface area contributed by atoms with E-state index in [0.717, 1.165) is 16.9 Å². The van der Waals surface area contributed by atoms with E-state index in [0.29, 0.717) is 21.8 Å². The number of aryl methyl sites for hydroxylation is 4. The molecule has 2 rings (SSSR count). The summed E-state index contributed by atoms with van der Waals surface area (Å²) in [6.07, 6.45) is 0. The summed E-state index contributed by atoms with van der Waals surface area (Å²) in [6, 6.07) is 9.38. The highest BCUT2D eigenvalue weighted by Gasteiger charge is 2.20. The van der Waals surface area contributed by atoms with Crippen molar-refractivity contribution in [2.24, 2.45) is 0 Å². The van der Waals surface area contributed by atoms with E-state index in [1.54, 1.807) is 33.1 Å². The zero-order valence-electron chi connectivity index (χ0n) is 15.3. The van der Waals surface area contributed by atoms with Gasteiger partial charge in [0.05, 0.1) is 12.0 Å². The first-order valence-corrected chi connectivity index (χ1v) is 9.58. The van der Waals surface area contributed by atoms with Crippen LogP contribution in [0, 0.1) is 27.7 Å². The van der Waals surface area contributed by atoms with Crippen LogP contribution in [0.3, 0.4) is 0 Å².